The van der Waals surface area contributed by atoms with Gasteiger partial charge in [-0.25, -0.2) is 4.90 Å². The zero-order chi connectivity index (χ0) is 38.7. The van der Waals surface area contributed by atoms with Crippen molar-refractivity contribution in [3.05, 3.63) is 106 Å². The van der Waals surface area contributed by atoms with Crippen LogP contribution in [0.25, 0.3) is 20.7 Å². The Morgan fingerprint density at radius 2 is 1.69 bits per heavy atom. The number of carbonyl (C=O) groups is 4. The predicted molar refractivity (Wildman–Crippen MR) is 210 cm³/mol. The maximum absolute atomic E-state index is 15.1. The molecule has 0 spiro atoms. The maximum Gasteiger partial charge on any atom is 0.242 e. The van der Waals surface area contributed by atoms with Crippen LogP contribution in [-0.2, 0) is 32.6 Å². The van der Waals surface area contributed by atoms with E-state index in [1.54, 1.807) is 72.5 Å². The van der Waals surface area contributed by atoms with Gasteiger partial charge in [-0.3, -0.25) is 28.8 Å². The summed E-state index contributed by atoms with van der Waals surface area (Å²) < 4.78 is 2.63. The Kier molecular flexibility index (Phi) is 8.15. The van der Waals surface area contributed by atoms with Gasteiger partial charge >= 0.3 is 0 Å². The zero-order valence-corrected chi connectivity index (χ0v) is 32.3. The van der Waals surface area contributed by atoms with Crippen molar-refractivity contribution in [3.8, 4) is 22.1 Å². The number of amides is 4. The van der Waals surface area contributed by atoms with E-state index in [-0.39, 0.29) is 48.1 Å². The van der Waals surface area contributed by atoms with Gasteiger partial charge in [-0.05, 0) is 110 Å². The number of phenols is 2. The Morgan fingerprint density at radius 1 is 0.927 bits per heavy atom. The second-order valence-corrected chi connectivity index (χ2v) is 17.1. The fourth-order valence-corrected chi connectivity index (χ4v) is 11.2. The number of benzene rings is 3. The number of carbonyl (C=O) groups excluding carboxylic acids is 4. The van der Waals surface area contributed by atoms with Crippen molar-refractivity contribution in [1.82, 2.24) is 14.7 Å². The van der Waals surface area contributed by atoms with Gasteiger partial charge in [0.1, 0.15) is 23.0 Å². The largest absolute Gasteiger partial charge is 0.508 e. The maximum atomic E-state index is 15.1. The Morgan fingerprint density at radius 3 is 2.44 bits per heavy atom. The highest BCUT2D eigenvalue weighted by Gasteiger charge is 2.68. The van der Waals surface area contributed by atoms with Crippen LogP contribution in [0.2, 0.25) is 5.02 Å². The lowest BCUT2D eigenvalue weighted by Crippen LogP contribution is -2.49. The number of aromatic hydroxyl groups is 2. The molecule has 3 fully saturated rings. The number of hydrogen-bond acceptors (Lipinski definition) is 8. The first kappa shape index (κ1) is 35.4. The van der Waals surface area contributed by atoms with Gasteiger partial charge in [-0.2, -0.15) is 5.10 Å². The van der Waals surface area contributed by atoms with E-state index in [1.165, 1.54) is 9.80 Å². The van der Waals surface area contributed by atoms with Crippen LogP contribution in [-0.4, -0.2) is 55.1 Å². The van der Waals surface area contributed by atoms with Crippen LogP contribution in [0.4, 0.5) is 5.82 Å². The van der Waals surface area contributed by atoms with Gasteiger partial charge in [-0.15, -0.1) is 11.3 Å². The minimum atomic E-state index is -1.23. The molecule has 10 nitrogen and oxygen atoms in total. The Labute approximate surface area is 326 Å². The van der Waals surface area contributed by atoms with E-state index in [2.05, 4.69) is 0 Å². The van der Waals surface area contributed by atoms with Gasteiger partial charge in [0.2, 0.25) is 23.6 Å². The molecule has 6 atom stereocenters. The van der Waals surface area contributed by atoms with Crippen LogP contribution >= 0.6 is 22.9 Å². The third-order valence-electron chi connectivity index (χ3n) is 12.7. The van der Waals surface area contributed by atoms with Crippen molar-refractivity contribution in [3.63, 3.8) is 0 Å². The molecule has 4 aliphatic rings. The molecule has 1 saturated carbocycles. The number of phenolic OH excluding ortho intramolecular Hbond substituents is 2. The number of imide groups is 2. The van der Waals surface area contributed by atoms with Crippen LogP contribution < -0.4 is 4.90 Å². The molecule has 12 heteroatoms. The average Bonchev–Trinajstić information content (AvgIpc) is 3.83. The minimum Gasteiger partial charge on any atom is -0.508 e. The number of halogens is 1. The molecule has 6 unspecified atom stereocenters. The van der Waals surface area contributed by atoms with Gasteiger partial charge in [0, 0.05) is 35.3 Å². The highest BCUT2D eigenvalue weighted by Crippen LogP contribution is 2.64. The molecule has 0 radical (unpaired) electrons. The summed E-state index contributed by atoms with van der Waals surface area (Å²) >= 11 is 7.89. The summed E-state index contributed by atoms with van der Waals surface area (Å²) in [4.78, 5) is 61.8. The number of aryl methyl sites for hydroxylation is 3. The van der Waals surface area contributed by atoms with Crippen molar-refractivity contribution in [2.24, 2.45) is 36.1 Å². The van der Waals surface area contributed by atoms with Gasteiger partial charge in [0.25, 0.3) is 0 Å². The number of thiophene rings is 1. The molecule has 2 aliphatic carbocycles. The van der Waals surface area contributed by atoms with E-state index in [0.29, 0.717) is 34.9 Å². The summed E-state index contributed by atoms with van der Waals surface area (Å²) in [6, 6.07) is 19.5. The summed E-state index contributed by atoms with van der Waals surface area (Å²) in [5.74, 6) is -3.60. The molecule has 2 N–H and O–H groups in total. The topological polar surface area (TPSA) is 133 Å². The number of anilines is 1. The first-order valence-corrected chi connectivity index (χ1v) is 19.7. The van der Waals surface area contributed by atoms with Crippen LogP contribution in [0.15, 0.2) is 78.4 Å². The monoisotopic (exact) mass is 774 g/mol. The molecular weight excluding hydrogens is 736 g/mol. The van der Waals surface area contributed by atoms with Crippen molar-refractivity contribution in [1.29, 1.82) is 0 Å². The first-order valence-electron chi connectivity index (χ1n) is 18.5. The lowest BCUT2D eigenvalue weighted by Gasteiger charge is -2.49. The number of hydrogen-bond donors (Lipinski definition) is 2. The quantitative estimate of drug-likeness (QED) is 0.135. The second kappa shape index (κ2) is 12.6. The van der Waals surface area contributed by atoms with E-state index < -0.39 is 35.0 Å². The SMILES string of the molecule is Cc1cc(C2C3=CCC4C(=O)N(CCc5ccc(O)cc5)C(=O)C4C3CC3C(=O)N(c4cc(-c5sc6ccc(Cl)cc6c5C)nn4C)C(=O)C32C)ccc1O. The standard InChI is InChI=1S/C43H39ClN4O6S/c1-21-17-24(7-13-33(21)50)37-27-11-12-28-36(41(53)47(39(28)51)16-15-23-5-9-26(49)10-6-23)30(27)19-31-40(52)48(42(54)43(31,37)3)35-20-32(45-46(35)4)38-22(2)29-18-25(44)8-14-34(29)55-38/h5-11,13-14,17-18,20,28,30-31,36-37,49-50H,12,15-16,19H2,1-4H3. The van der Waals surface area contributed by atoms with Crippen molar-refractivity contribution >= 4 is 62.5 Å². The molecule has 0 bridgehead atoms. The molecule has 2 saturated heterocycles. The molecule has 9 rings (SSSR count). The van der Waals surface area contributed by atoms with E-state index in [1.807, 2.05) is 44.2 Å². The molecule has 55 heavy (non-hydrogen) atoms. The number of likely N-dealkylation sites (tertiary alicyclic amines) is 1. The normalized spacial score (nSPS) is 26.1. The molecule has 3 aromatic carbocycles. The van der Waals surface area contributed by atoms with Crippen LogP contribution in [0.1, 0.15) is 47.9 Å². The summed E-state index contributed by atoms with van der Waals surface area (Å²) in [6.07, 6.45) is 3.07. The van der Waals surface area contributed by atoms with E-state index in [0.717, 1.165) is 37.2 Å². The summed E-state index contributed by atoms with van der Waals surface area (Å²) in [5.41, 5.74) is 3.60. The highest BCUT2D eigenvalue weighted by molar-refractivity contribution is 7.22. The van der Waals surface area contributed by atoms with Gasteiger partial charge < -0.3 is 10.2 Å². The lowest BCUT2D eigenvalue weighted by atomic mass is 9.51. The van der Waals surface area contributed by atoms with Crippen molar-refractivity contribution in [2.75, 3.05) is 11.4 Å². The number of nitrogens with zero attached hydrogens (tertiary/aromatic N) is 4. The van der Waals surface area contributed by atoms with E-state index in [4.69, 9.17) is 16.7 Å². The third-order valence-corrected chi connectivity index (χ3v) is 14.2. The minimum absolute atomic E-state index is 0.119. The predicted octanol–water partition coefficient (Wildman–Crippen LogP) is 7.46. The molecule has 2 aromatic heterocycles. The Hall–Kier alpha value is -5.26. The lowest BCUT2D eigenvalue weighted by molar-refractivity contribution is -0.140. The van der Waals surface area contributed by atoms with Crippen molar-refractivity contribution in [2.45, 2.75) is 46.0 Å². The van der Waals surface area contributed by atoms with E-state index in [9.17, 15) is 24.6 Å². The smallest absolute Gasteiger partial charge is 0.242 e. The van der Waals surface area contributed by atoms with Gasteiger partial charge in [0.05, 0.1) is 28.0 Å². The Balaban J connectivity index is 1.10. The second-order valence-electron chi connectivity index (χ2n) is 15.7. The van der Waals surface area contributed by atoms with Crippen LogP contribution in [0.5, 0.6) is 11.5 Å². The van der Waals surface area contributed by atoms with Gasteiger partial charge in [0.15, 0.2) is 0 Å². The molecule has 4 amide bonds. The number of aromatic nitrogens is 2. The van der Waals surface area contributed by atoms with Gasteiger partial charge in [-0.1, -0.05) is 47.5 Å². The summed E-state index contributed by atoms with van der Waals surface area (Å²) in [7, 11) is 1.73. The third kappa shape index (κ3) is 5.23. The van der Waals surface area contributed by atoms with Crippen LogP contribution in [0, 0.1) is 42.9 Å². The number of allylic oxidation sites excluding steroid dienone is 2. The Bertz CT molecular complexity index is 2520. The molecule has 280 valence electrons. The molecule has 2 aliphatic heterocycles. The number of fused-ring (bicyclic) bond motifs is 5. The summed E-state index contributed by atoms with van der Waals surface area (Å²) in [5, 5.41) is 26.7. The van der Waals surface area contributed by atoms with E-state index >= 15 is 4.79 Å². The molecule has 4 heterocycles. The molecular formula is C43H39ClN4O6S. The fraction of sp³-hybridized carbons (Fsp3) is 0.326. The number of rotatable bonds is 6. The first-order chi connectivity index (χ1) is 26.3. The van der Waals surface area contributed by atoms with Crippen LogP contribution in [0.3, 0.4) is 0 Å². The fourth-order valence-electron chi connectivity index (χ4n) is 9.88. The summed E-state index contributed by atoms with van der Waals surface area (Å²) in [6.45, 7) is 5.87. The molecule has 5 aromatic rings. The highest BCUT2D eigenvalue weighted by atomic mass is 35.5. The van der Waals surface area contributed by atoms with Crippen molar-refractivity contribution < 1.29 is 29.4 Å². The zero-order valence-electron chi connectivity index (χ0n) is 30.7. The average molecular weight is 775 g/mol.